The Balaban J connectivity index is 0.00000182. The van der Waals surface area contributed by atoms with Crippen LogP contribution in [-0.4, -0.2) is 18.4 Å². The fourth-order valence-corrected chi connectivity index (χ4v) is 3.28. The van der Waals surface area contributed by atoms with E-state index in [1.54, 1.807) is 12.1 Å². The molecule has 25 heavy (non-hydrogen) atoms. The number of amides is 2. The summed E-state index contributed by atoms with van der Waals surface area (Å²) in [4.78, 5) is 23.9. The van der Waals surface area contributed by atoms with Gasteiger partial charge in [-0.05, 0) is 66.8 Å². The molecule has 2 amide bonds. The summed E-state index contributed by atoms with van der Waals surface area (Å²) in [5.41, 5.74) is 5.64. The van der Waals surface area contributed by atoms with Crippen molar-refractivity contribution in [1.29, 1.82) is 0 Å². The zero-order chi connectivity index (χ0) is 16.5. The molecule has 2 aromatic carbocycles. The summed E-state index contributed by atoms with van der Waals surface area (Å²) in [5.74, 6) is -0.0965. The molecule has 0 unspecified atom stereocenters. The van der Waals surface area contributed by atoms with Gasteiger partial charge < -0.3 is 16.0 Å². The molecule has 0 radical (unpaired) electrons. The Bertz CT molecular complexity index is 835. The summed E-state index contributed by atoms with van der Waals surface area (Å²) in [6.07, 6.45) is 3.29. The maximum atomic E-state index is 12.5. The molecular weight excluding hydrogens is 338 g/mol. The second-order valence-corrected chi connectivity index (χ2v) is 6.28. The average Bonchev–Trinajstić information content (AvgIpc) is 2.61. The molecule has 0 aromatic heterocycles. The number of hydrogen-bond donors (Lipinski definition) is 3. The van der Waals surface area contributed by atoms with E-state index in [1.807, 2.05) is 24.3 Å². The van der Waals surface area contributed by atoms with Crippen LogP contribution < -0.4 is 16.0 Å². The van der Waals surface area contributed by atoms with Gasteiger partial charge in [0, 0.05) is 35.6 Å². The Hall–Kier alpha value is -2.53. The first-order valence-corrected chi connectivity index (χ1v) is 8.30. The SMILES string of the molecule is Cl.O=C1CCc2cc(C(=O)Nc3ccc4c(c3)CCCN4)ccc2N1. The van der Waals surface area contributed by atoms with Crippen molar-refractivity contribution in [3.63, 3.8) is 0 Å². The van der Waals surface area contributed by atoms with E-state index < -0.39 is 0 Å². The van der Waals surface area contributed by atoms with Crippen molar-refractivity contribution in [3.8, 4) is 0 Å². The summed E-state index contributed by atoms with van der Waals surface area (Å²) in [5, 5.41) is 9.17. The van der Waals surface area contributed by atoms with Crippen molar-refractivity contribution < 1.29 is 9.59 Å². The first-order valence-electron chi connectivity index (χ1n) is 8.30. The number of carbonyl (C=O) groups is 2. The zero-order valence-electron chi connectivity index (χ0n) is 13.7. The quantitative estimate of drug-likeness (QED) is 0.769. The maximum Gasteiger partial charge on any atom is 0.255 e. The van der Waals surface area contributed by atoms with E-state index in [-0.39, 0.29) is 24.2 Å². The van der Waals surface area contributed by atoms with Crippen molar-refractivity contribution in [1.82, 2.24) is 0 Å². The van der Waals surface area contributed by atoms with Gasteiger partial charge in [0.05, 0.1) is 0 Å². The predicted octanol–water partition coefficient (Wildman–Crippen LogP) is 3.60. The van der Waals surface area contributed by atoms with E-state index in [0.29, 0.717) is 18.4 Å². The third-order valence-electron chi connectivity index (χ3n) is 4.56. The maximum absolute atomic E-state index is 12.5. The number of benzene rings is 2. The highest BCUT2D eigenvalue weighted by Crippen LogP contribution is 2.26. The first kappa shape index (κ1) is 17.3. The molecule has 0 atom stereocenters. The van der Waals surface area contributed by atoms with Gasteiger partial charge in [-0.25, -0.2) is 0 Å². The van der Waals surface area contributed by atoms with Gasteiger partial charge in [-0.1, -0.05) is 0 Å². The number of fused-ring (bicyclic) bond motifs is 2. The number of hydrogen-bond acceptors (Lipinski definition) is 3. The minimum atomic E-state index is -0.126. The molecule has 0 spiro atoms. The van der Waals surface area contributed by atoms with Crippen molar-refractivity contribution in [2.45, 2.75) is 25.7 Å². The fourth-order valence-electron chi connectivity index (χ4n) is 3.28. The lowest BCUT2D eigenvalue weighted by molar-refractivity contribution is -0.116. The van der Waals surface area contributed by atoms with Crippen LogP contribution in [0.25, 0.3) is 0 Å². The van der Waals surface area contributed by atoms with Crippen molar-refractivity contribution in [2.75, 3.05) is 22.5 Å². The summed E-state index contributed by atoms with van der Waals surface area (Å²) in [6, 6.07) is 11.4. The molecule has 2 aromatic rings. The van der Waals surface area contributed by atoms with Crippen LogP contribution in [0, 0.1) is 0 Å². The number of nitrogens with one attached hydrogen (secondary N) is 3. The van der Waals surface area contributed by atoms with Crippen molar-refractivity contribution >= 4 is 41.3 Å². The Labute approximate surface area is 152 Å². The minimum absolute atomic E-state index is 0. The molecule has 0 saturated heterocycles. The van der Waals surface area contributed by atoms with Crippen LogP contribution in [0.3, 0.4) is 0 Å². The van der Waals surface area contributed by atoms with E-state index >= 15 is 0 Å². The smallest absolute Gasteiger partial charge is 0.255 e. The minimum Gasteiger partial charge on any atom is -0.385 e. The molecule has 5 nitrogen and oxygen atoms in total. The van der Waals surface area contributed by atoms with Gasteiger partial charge in [0.15, 0.2) is 0 Å². The van der Waals surface area contributed by atoms with Gasteiger partial charge in [0.1, 0.15) is 0 Å². The number of rotatable bonds is 2. The van der Waals surface area contributed by atoms with E-state index in [4.69, 9.17) is 0 Å². The fraction of sp³-hybridized carbons (Fsp3) is 0.263. The lowest BCUT2D eigenvalue weighted by atomic mass is 10.00. The van der Waals surface area contributed by atoms with Crippen LogP contribution in [0.2, 0.25) is 0 Å². The predicted molar refractivity (Wildman–Crippen MR) is 102 cm³/mol. The normalized spacial score (nSPS) is 15.0. The van der Waals surface area contributed by atoms with Gasteiger partial charge >= 0.3 is 0 Å². The van der Waals surface area contributed by atoms with E-state index in [2.05, 4.69) is 16.0 Å². The van der Waals surface area contributed by atoms with Gasteiger partial charge in [-0.3, -0.25) is 9.59 Å². The summed E-state index contributed by atoms with van der Waals surface area (Å²) >= 11 is 0. The Morgan fingerprint density at radius 1 is 0.960 bits per heavy atom. The van der Waals surface area contributed by atoms with Crippen LogP contribution in [-0.2, 0) is 17.6 Å². The molecule has 2 aliphatic heterocycles. The molecule has 6 heteroatoms. The summed E-state index contributed by atoms with van der Waals surface area (Å²) < 4.78 is 0. The van der Waals surface area contributed by atoms with Crippen LogP contribution in [0.4, 0.5) is 17.1 Å². The monoisotopic (exact) mass is 357 g/mol. The third kappa shape index (κ3) is 3.61. The largest absolute Gasteiger partial charge is 0.385 e. The Kier molecular flexibility index (Phi) is 4.95. The standard InChI is InChI=1S/C19H19N3O2.ClH/c23-18-8-4-13-10-14(3-6-17(13)22-18)19(24)21-15-5-7-16-12(11-15)2-1-9-20-16;/h3,5-7,10-11,20H,1-2,4,8-9H2,(H,21,24)(H,22,23);1H. The molecule has 0 aliphatic carbocycles. The average molecular weight is 358 g/mol. The molecule has 3 N–H and O–H groups in total. The molecule has 0 bridgehead atoms. The Morgan fingerprint density at radius 3 is 2.64 bits per heavy atom. The van der Waals surface area contributed by atoms with Crippen LogP contribution >= 0.6 is 12.4 Å². The molecule has 0 fully saturated rings. The molecule has 130 valence electrons. The van der Waals surface area contributed by atoms with Crippen LogP contribution in [0.5, 0.6) is 0 Å². The number of halogens is 1. The number of anilines is 3. The highest BCUT2D eigenvalue weighted by Gasteiger charge is 2.17. The van der Waals surface area contributed by atoms with Gasteiger partial charge in [-0.2, -0.15) is 0 Å². The topological polar surface area (TPSA) is 70.2 Å². The summed E-state index contributed by atoms with van der Waals surface area (Å²) in [7, 11) is 0. The molecule has 2 aliphatic rings. The highest BCUT2D eigenvalue weighted by molar-refractivity contribution is 6.05. The van der Waals surface area contributed by atoms with Crippen molar-refractivity contribution in [2.24, 2.45) is 0 Å². The summed E-state index contributed by atoms with van der Waals surface area (Å²) in [6.45, 7) is 1.00. The van der Waals surface area contributed by atoms with Crippen LogP contribution in [0.1, 0.15) is 34.3 Å². The first-order chi connectivity index (χ1) is 11.7. The van der Waals surface area contributed by atoms with Gasteiger partial charge in [0.2, 0.25) is 5.91 Å². The van der Waals surface area contributed by atoms with Gasteiger partial charge in [-0.15, -0.1) is 12.4 Å². The molecule has 4 rings (SSSR count). The lowest BCUT2D eigenvalue weighted by Gasteiger charge is -2.19. The van der Waals surface area contributed by atoms with Gasteiger partial charge in [0.25, 0.3) is 5.91 Å². The van der Waals surface area contributed by atoms with E-state index in [1.165, 1.54) is 5.56 Å². The van der Waals surface area contributed by atoms with E-state index in [9.17, 15) is 9.59 Å². The second-order valence-electron chi connectivity index (χ2n) is 6.28. The molecular formula is C19H20ClN3O2. The lowest BCUT2D eigenvalue weighted by Crippen LogP contribution is -2.20. The number of aryl methyl sites for hydroxylation is 2. The highest BCUT2D eigenvalue weighted by atomic mass is 35.5. The second kappa shape index (κ2) is 7.15. The zero-order valence-corrected chi connectivity index (χ0v) is 14.5. The number of carbonyl (C=O) groups excluding carboxylic acids is 2. The Morgan fingerprint density at radius 2 is 1.76 bits per heavy atom. The molecule has 2 heterocycles. The van der Waals surface area contributed by atoms with E-state index in [0.717, 1.165) is 42.0 Å². The van der Waals surface area contributed by atoms with Crippen molar-refractivity contribution in [3.05, 3.63) is 53.1 Å². The van der Waals surface area contributed by atoms with Crippen LogP contribution in [0.15, 0.2) is 36.4 Å². The molecule has 0 saturated carbocycles. The third-order valence-corrected chi connectivity index (χ3v) is 4.56.